The first-order chi connectivity index (χ1) is 18.9. The third-order valence-corrected chi connectivity index (χ3v) is 7.36. The third-order valence-electron chi connectivity index (χ3n) is 6.21. The van der Waals surface area contributed by atoms with E-state index in [1.807, 2.05) is 54.6 Å². The lowest BCUT2D eigenvalue weighted by Gasteiger charge is -2.23. The molecular weight excluding hydrogens is 516 g/mol. The average Bonchev–Trinajstić information content (AvgIpc) is 3.54. The van der Waals surface area contributed by atoms with Gasteiger partial charge in [-0.15, -0.1) is 0 Å². The number of carbonyl (C=O) groups excluding carboxylic acids is 3. The maximum absolute atomic E-state index is 12.8. The molecule has 9 nitrogen and oxygen atoms in total. The zero-order valence-corrected chi connectivity index (χ0v) is 22.2. The van der Waals surface area contributed by atoms with Gasteiger partial charge in [0.25, 0.3) is 5.91 Å². The number of ether oxygens (including phenoxy) is 2. The van der Waals surface area contributed by atoms with Gasteiger partial charge >= 0.3 is 5.97 Å². The Morgan fingerprint density at radius 1 is 1.00 bits per heavy atom. The Balaban J connectivity index is 1.29. The number of hydrogen-bond acceptors (Lipinski definition) is 8. The quantitative estimate of drug-likeness (QED) is 0.337. The number of amidine groups is 1. The smallest absolute Gasteiger partial charge is 0.308 e. The predicted octanol–water partition coefficient (Wildman–Crippen LogP) is 4.80. The van der Waals surface area contributed by atoms with Gasteiger partial charge in [-0.3, -0.25) is 14.4 Å². The molecule has 2 atom stereocenters. The van der Waals surface area contributed by atoms with Gasteiger partial charge in [0.05, 0.1) is 18.9 Å². The number of amides is 2. The van der Waals surface area contributed by atoms with Crippen molar-refractivity contribution in [3.8, 4) is 11.5 Å². The van der Waals surface area contributed by atoms with E-state index in [0.717, 1.165) is 22.6 Å². The standard InChI is InChI=1S/C29H26N4O5S/c1-18(34)38-23-14-10-21(11-15-23)30-27(35)17-26-28(36)31-29(39-26)33-25(20-8-12-22(37-2)13-9-20)16-24(32-33)19-6-4-3-5-7-19/h3-15,25-26H,16-17H2,1-2H3,(H,30,35)/t25-,26+/m1/s1. The van der Waals surface area contributed by atoms with Gasteiger partial charge in [-0.1, -0.05) is 54.2 Å². The van der Waals surface area contributed by atoms with Crippen LogP contribution in [0.1, 0.15) is 36.9 Å². The first-order valence-corrected chi connectivity index (χ1v) is 13.2. The Kier molecular flexibility index (Phi) is 7.74. The largest absolute Gasteiger partial charge is 0.497 e. The Labute approximate surface area is 229 Å². The molecule has 2 aliphatic heterocycles. The van der Waals surface area contributed by atoms with Crippen LogP contribution in [0.3, 0.4) is 0 Å². The van der Waals surface area contributed by atoms with Gasteiger partial charge in [-0.05, 0) is 47.5 Å². The van der Waals surface area contributed by atoms with E-state index in [4.69, 9.17) is 14.6 Å². The van der Waals surface area contributed by atoms with Crippen LogP contribution in [-0.2, 0) is 14.4 Å². The Hall–Kier alpha value is -4.44. The SMILES string of the molecule is COc1ccc([C@H]2CC(c3ccccc3)=NN2C2=NC(=O)[C@H](CC(=O)Nc3ccc(OC(C)=O)cc3)S2)cc1. The fourth-order valence-electron chi connectivity index (χ4n) is 4.33. The highest BCUT2D eigenvalue weighted by molar-refractivity contribution is 8.15. The number of rotatable bonds is 7. The summed E-state index contributed by atoms with van der Waals surface area (Å²) in [5, 5.41) is 9.24. The molecule has 3 aromatic carbocycles. The zero-order chi connectivity index (χ0) is 27.4. The van der Waals surface area contributed by atoms with Crippen LogP contribution in [0.5, 0.6) is 11.5 Å². The van der Waals surface area contributed by atoms with Crippen LogP contribution < -0.4 is 14.8 Å². The van der Waals surface area contributed by atoms with E-state index in [9.17, 15) is 14.4 Å². The van der Waals surface area contributed by atoms with Gasteiger partial charge in [0.2, 0.25) is 5.91 Å². The molecule has 3 aromatic rings. The number of esters is 1. The van der Waals surface area contributed by atoms with Crippen molar-refractivity contribution in [2.45, 2.75) is 31.1 Å². The molecule has 0 bridgehead atoms. The van der Waals surface area contributed by atoms with Crippen molar-refractivity contribution < 1.29 is 23.9 Å². The molecular formula is C29H26N4O5S. The fourth-order valence-corrected chi connectivity index (χ4v) is 5.40. The van der Waals surface area contributed by atoms with Gasteiger partial charge in [-0.2, -0.15) is 10.1 Å². The molecule has 2 heterocycles. The molecule has 5 rings (SSSR count). The minimum atomic E-state index is -0.659. The minimum Gasteiger partial charge on any atom is -0.497 e. The molecule has 0 aliphatic carbocycles. The molecule has 10 heteroatoms. The van der Waals surface area contributed by atoms with Crippen molar-refractivity contribution in [2.75, 3.05) is 12.4 Å². The first-order valence-electron chi connectivity index (χ1n) is 12.3. The van der Waals surface area contributed by atoms with Crippen LogP contribution in [0.4, 0.5) is 5.69 Å². The summed E-state index contributed by atoms with van der Waals surface area (Å²) >= 11 is 1.24. The van der Waals surface area contributed by atoms with Crippen molar-refractivity contribution in [3.05, 3.63) is 90.0 Å². The van der Waals surface area contributed by atoms with E-state index < -0.39 is 11.2 Å². The lowest BCUT2D eigenvalue weighted by atomic mass is 9.98. The number of nitrogens with zero attached hydrogens (tertiary/aromatic N) is 3. The number of hydrazone groups is 1. The second-order valence-electron chi connectivity index (χ2n) is 8.96. The second-order valence-corrected chi connectivity index (χ2v) is 10.1. The lowest BCUT2D eigenvalue weighted by Crippen LogP contribution is -2.25. The van der Waals surface area contributed by atoms with E-state index in [2.05, 4.69) is 10.3 Å². The molecule has 39 heavy (non-hydrogen) atoms. The highest BCUT2D eigenvalue weighted by Gasteiger charge is 2.39. The summed E-state index contributed by atoms with van der Waals surface area (Å²) in [6.07, 6.45) is 0.594. The molecule has 2 aliphatic rings. The number of aliphatic imine (C=N–C) groups is 1. The molecule has 0 aromatic heterocycles. The van der Waals surface area contributed by atoms with Crippen LogP contribution in [0.15, 0.2) is 89.0 Å². The molecule has 198 valence electrons. The molecule has 0 spiro atoms. The van der Waals surface area contributed by atoms with Crippen molar-refractivity contribution in [1.29, 1.82) is 0 Å². The Morgan fingerprint density at radius 3 is 2.36 bits per heavy atom. The summed E-state index contributed by atoms with van der Waals surface area (Å²) in [5.41, 5.74) is 3.44. The van der Waals surface area contributed by atoms with E-state index in [1.54, 1.807) is 36.4 Å². The topological polar surface area (TPSA) is 110 Å². The number of hydrogen-bond donors (Lipinski definition) is 1. The van der Waals surface area contributed by atoms with Crippen molar-refractivity contribution in [3.63, 3.8) is 0 Å². The van der Waals surface area contributed by atoms with Crippen molar-refractivity contribution in [2.24, 2.45) is 10.1 Å². The molecule has 1 N–H and O–H groups in total. The number of thioether (sulfide) groups is 1. The number of carbonyl (C=O) groups is 3. The number of nitrogens with one attached hydrogen (secondary N) is 1. The number of benzene rings is 3. The van der Waals surface area contributed by atoms with E-state index >= 15 is 0 Å². The van der Waals surface area contributed by atoms with Gasteiger partial charge in [0, 0.05) is 25.5 Å². The number of methoxy groups -OCH3 is 1. The minimum absolute atomic E-state index is 0.0432. The van der Waals surface area contributed by atoms with Crippen molar-refractivity contribution in [1.82, 2.24) is 5.01 Å². The van der Waals surface area contributed by atoms with E-state index in [0.29, 0.717) is 23.0 Å². The van der Waals surface area contributed by atoms with E-state index in [-0.39, 0.29) is 24.3 Å². The highest BCUT2D eigenvalue weighted by atomic mass is 32.2. The molecule has 0 fully saturated rings. The summed E-state index contributed by atoms with van der Waals surface area (Å²) < 4.78 is 10.3. The normalized spacial score (nSPS) is 18.4. The summed E-state index contributed by atoms with van der Waals surface area (Å²) in [5.74, 6) is 0.0213. The van der Waals surface area contributed by atoms with Crippen LogP contribution in [-0.4, -0.2) is 46.0 Å². The van der Waals surface area contributed by atoms with Crippen LogP contribution in [0, 0.1) is 0 Å². The maximum Gasteiger partial charge on any atom is 0.308 e. The monoisotopic (exact) mass is 542 g/mol. The highest BCUT2D eigenvalue weighted by Crippen LogP contribution is 2.39. The van der Waals surface area contributed by atoms with Gasteiger partial charge in [0.15, 0.2) is 5.17 Å². The fraction of sp³-hybridized carbons (Fsp3) is 0.207. The molecule has 0 radical (unpaired) electrons. The second kappa shape index (κ2) is 11.5. The molecule has 0 unspecified atom stereocenters. The molecule has 0 saturated heterocycles. The first kappa shape index (κ1) is 26.2. The number of anilines is 1. The average molecular weight is 543 g/mol. The summed E-state index contributed by atoms with van der Waals surface area (Å²) in [4.78, 5) is 40.9. The zero-order valence-electron chi connectivity index (χ0n) is 21.4. The van der Waals surface area contributed by atoms with Gasteiger partial charge in [-0.25, -0.2) is 5.01 Å². The van der Waals surface area contributed by atoms with E-state index in [1.165, 1.54) is 18.7 Å². The summed E-state index contributed by atoms with van der Waals surface area (Å²) in [6, 6.07) is 23.9. The van der Waals surface area contributed by atoms with Crippen LogP contribution in [0.25, 0.3) is 0 Å². The Bertz CT molecular complexity index is 1440. The Morgan fingerprint density at radius 2 is 1.69 bits per heavy atom. The van der Waals surface area contributed by atoms with Crippen LogP contribution in [0.2, 0.25) is 0 Å². The molecule has 0 saturated carbocycles. The van der Waals surface area contributed by atoms with Crippen molar-refractivity contribution >= 4 is 46.1 Å². The molecule has 2 amide bonds. The predicted molar refractivity (Wildman–Crippen MR) is 150 cm³/mol. The van der Waals surface area contributed by atoms with Gasteiger partial charge < -0.3 is 14.8 Å². The van der Waals surface area contributed by atoms with Crippen LogP contribution >= 0.6 is 11.8 Å². The van der Waals surface area contributed by atoms with Gasteiger partial charge in [0.1, 0.15) is 16.7 Å². The summed E-state index contributed by atoms with van der Waals surface area (Å²) in [6.45, 7) is 1.32. The summed E-state index contributed by atoms with van der Waals surface area (Å²) in [7, 11) is 1.62. The lowest BCUT2D eigenvalue weighted by molar-refractivity contribution is -0.131. The third kappa shape index (κ3) is 6.18. The maximum atomic E-state index is 12.8.